The number of nitrogens with zero attached hydrogens (tertiary/aromatic N) is 1. The first kappa shape index (κ1) is 21.4. The van der Waals surface area contributed by atoms with Crippen LogP contribution in [0.4, 0.5) is 5.69 Å². The predicted octanol–water partition coefficient (Wildman–Crippen LogP) is 3.59. The van der Waals surface area contributed by atoms with Crippen LogP contribution in [0.15, 0.2) is 54.6 Å². The van der Waals surface area contributed by atoms with Gasteiger partial charge in [0.05, 0.1) is 5.56 Å². The van der Waals surface area contributed by atoms with Crippen LogP contribution in [-0.4, -0.2) is 49.1 Å². The summed E-state index contributed by atoms with van der Waals surface area (Å²) in [5.74, 6) is -0.00262. The van der Waals surface area contributed by atoms with E-state index in [2.05, 4.69) is 24.1 Å². The maximum Gasteiger partial charge on any atom is 0.338 e. The van der Waals surface area contributed by atoms with Crippen molar-refractivity contribution < 1.29 is 19.1 Å². The van der Waals surface area contributed by atoms with Crippen LogP contribution in [0.2, 0.25) is 0 Å². The molecule has 150 valence electrons. The van der Waals surface area contributed by atoms with E-state index in [9.17, 15) is 9.59 Å². The van der Waals surface area contributed by atoms with Gasteiger partial charge in [0, 0.05) is 12.2 Å². The number of anilines is 1. The van der Waals surface area contributed by atoms with Gasteiger partial charge in [0.25, 0.3) is 5.91 Å². The third-order valence-corrected chi connectivity index (χ3v) is 4.35. The Morgan fingerprint density at radius 2 is 1.64 bits per heavy atom. The molecular formula is C22H28N2O4. The normalized spacial score (nSPS) is 11.7. The molecule has 0 heterocycles. The van der Waals surface area contributed by atoms with Gasteiger partial charge in [-0.25, -0.2) is 4.79 Å². The number of hydrogen-bond acceptors (Lipinski definition) is 5. The molecule has 0 aliphatic carbocycles. The molecule has 1 atom stereocenters. The van der Waals surface area contributed by atoms with Crippen molar-refractivity contribution in [3.8, 4) is 5.75 Å². The minimum Gasteiger partial charge on any atom is -0.481 e. The highest BCUT2D eigenvalue weighted by atomic mass is 16.5. The maximum absolute atomic E-state index is 12.3. The van der Waals surface area contributed by atoms with Crippen LogP contribution >= 0.6 is 0 Å². The second-order valence-corrected chi connectivity index (χ2v) is 6.30. The van der Waals surface area contributed by atoms with Crippen LogP contribution in [-0.2, 0) is 9.53 Å². The van der Waals surface area contributed by atoms with E-state index in [-0.39, 0.29) is 11.9 Å². The maximum atomic E-state index is 12.3. The van der Waals surface area contributed by atoms with Crippen LogP contribution in [0.1, 0.15) is 31.1 Å². The van der Waals surface area contributed by atoms with E-state index in [1.54, 1.807) is 43.3 Å². The fraction of sp³-hybridized carbons (Fsp3) is 0.364. The highest BCUT2D eigenvalue weighted by Crippen LogP contribution is 2.14. The first-order valence-electron chi connectivity index (χ1n) is 9.55. The lowest BCUT2D eigenvalue weighted by molar-refractivity contribution is -0.122. The second kappa shape index (κ2) is 11.1. The van der Waals surface area contributed by atoms with Gasteiger partial charge in [0.1, 0.15) is 12.4 Å². The quantitative estimate of drug-likeness (QED) is 0.634. The van der Waals surface area contributed by atoms with Crippen molar-refractivity contribution in [1.29, 1.82) is 0 Å². The number of para-hydroxylation sites is 1. The Labute approximate surface area is 166 Å². The lowest BCUT2D eigenvalue weighted by atomic mass is 10.2. The van der Waals surface area contributed by atoms with E-state index in [0.717, 1.165) is 13.1 Å². The summed E-state index contributed by atoms with van der Waals surface area (Å²) >= 11 is 0. The summed E-state index contributed by atoms with van der Waals surface area (Å²) in [5, 5.41) is 2.78. The molecule has 28 heavy (non-hydrogen) atoms. The summed E-state index contributed by atoms with van der Waals surface area (Å²) in [6.45, 7) is 8.75. The Bertz CT molecular complexity index is 743. The van der Waals surface area contributed by atoms with Crippen molar-refractivity contribution in [2.24, 2.45) is 0 Å². The standard InChI is InChI=1S/C22H28N2O4/c1-4-24(5-2)15-16-27-22(26)18-11-13-19(14-12-18)23-21(25)17(3)28-20-9-7-6-8-10-20/h6-14,17H,4-5,15-16H2,1-3H3,(H,23,25). The summed E-state index contributed by atoms with van der Waals surface area (Å²) in [5.41, 5.74) is 1.04. The summed E-state index contributed by atoms with van der Waals surface area (Å²) in [4.78, 5) is 26.6. The molecule has 6 heteroatoms. The second-order valence-electron chi connectivity index (χ2n) is 6.30. The van der Waals surface area contributed by atoms with Crippen molar-refractivity contribution in [2.45, 2.75) is 26.9 Å². The molecular weight excluding hydrogens is 356 g/mol. The Morgan fingerprint density at radius 3 is 2.25 bits per heavy atom. The number of esters is 1. The lowest BCUT2D eigenvalue weighted by Crippen LogP contribution is -2.30. The SMILES string of the molecule is CCN(CC)CCOC(=O)c1ccc(NC(=O)C(C)Oc2ccccc2)cc1. The molecule has 2 aromatic rings. The third-order valence-electron chi connectivity index (χ3n) is 4.35. The van der Waals surface area contributed by atoms with E-state index in [0.29, 0.717) is 30.2 Å². The van der Waals surface area contributed by atoms with Crippen LogP contribution in [0.5, 0.6) is 5.75 Å². The fourth-order valence-corrected chi connectivity index (χ4v) is 2.58. The summed E-state index contributed by atoms with van der Waals surface area (Å²) in [6, 6.07) is 15.8. The molecule has 0 saturated carbocycles. The topological polar surface area (TPSA) is 67.9 Å². The molecule has 0 saturated heterocycles. The highest BCUT2D eigenvalue weighted by Gasteiger charge is 2.15. The minimum atomic E-state index is -0.646. The molecule has 1 unspecified atom stereocenters. The van der Waals surface area contributed by atoms with Gasteiger partial charge in [0.15, 0.2) is 6.10 Å². The molecule has 1 amide bonds. The lowest BCUT2D eigenvalue weighted by Gasteiger charge is -2.17. The summed E-state index contributed by atoms with van der Waals surface area (Å²) < 4.78 is 10.9. The van der Waals surface area contributed by atoms with Crippen molar-refractivity contribution >= 4 is 17.6 Å². The van der Waals surface area contributed by atoms with Gasteiger partial charge in [-0.05, 0) is 56.4 Å². The van der Waals surface area contributed by atoms with E-state index in [4.69, 9.17) is 9.47 Å². The van der Waals surface area contributed by atoms with Crippen molar-refractivity contribution in [3.63, 3.8) is 0 Å². The Morgan fingerprint density at radius 1 is 1.00 bits per heavy atom. The largest absolute Gasteiger partial charge is 0.481 e. The number of rotatable bonds is 10. The molecule has 0 radical (unpaired) electrons. The number of nitrogens with one attached hydrogen (secondary N) is 1. The van der Waals surface area contributed by atoms with Crippen LogP contribution in [0.25, 0.3) is 0 Å². The number of amides is 1. The molecule has 2 rings (SSSR count). The Kier molecular flexibility index (Phi) is 8.49. The molecule has 0 aliphatic heterocycles. The zero-order valence-electron chi connectivity index (χ0n) is 16.7. The van der Waals surface area contributed by atoms with Crippen molar-refractivity contribution in [2.75, 3.05) is 31.6 Å². The fourth-order valence-electron chi connectivity index (χ4n) is 2.58. The van der Waals surface area contributed by atoms with Crippen LogP contribution < -0.4 is 10.1 Å². The summed E-state index contributed by atoms with van der Waals surface area (Å²) in [7, 11) is 0. The third kappa shape index (κ3) is 6.70. The van der Waals surface area contributed by atoms with Crippen molar-refractivity contribution in [1.82, 2.24) is 4.90 Å². The van der Waals surface area contributed by atoms with Gasteiger partial charge in [0.2, 0.25) is 0 Å². The van der Waals surface area contributed by atoms with Crippen LogP contribution in [0, 0.1) is 0 Å². The van der Waals surface area contributed by atoms with E-state index in [1.807, 2.05) is 18.2 Å². The first-order valence-corrected chi connectivity index (χ1v) is 9.55. The molecule has 0 fully saturated rings. The molecule has 1 N–H and O–H groups in total. The van der Waals surface area contributed by atoms with Crippen molar-refractivity contribution in [3.05, 3.63) is 60.2 Å². The van der Waals surface area contributed by atoms with E-state index < -0.39 is 6.10 Å². The molecule has 0 aromatic heterocycles. The van der Waals surface area contributed by atoms with E-state index in [1.165, 1.54) is 0 Å². The Balaban J connectivity index is 1.82. The highest BCUT2D eigenvalue weighted by molar-refractivity contribution is 5.95. The molecule has 0 bridgehead atoms. The number of ether oxygens (including phenoxy) is 2. The van der Waals surface area contributed by atoms with Gasteiger partial charge in [-0.15, -0.1) is 0 Å². The van der Waals surface area contributed by atoms with E-state index >= 15 is 0 Å². The Hall–Kier alpha value is -2.86. The van der Waals surface area contributed by atoms with Gasteiger partial charge in [-0.1, -0.05) is 32.0 Å². The average molecular weight is 384 g/mol. The number of carbonyl (C=O) groups is 2. The van der Waals surface area contributed by atoms with Gasteiger partial charge >= 0.3 is 5.97 Å². The van der Waals surface area contributed by atoms with Gasteiger partial charge < -0.3 is 19.7 Å². The summed E-state index contributed by atoms with van der Waals surface area (Å²) in [6.07, 6.45) is -0.646. The molecule has 0 spiro atoms. The zero-order valence-corrected chi connectivity index (χ0v) is 16.7. The van der Waals surface area contributed by atoms with Gasteiger partial charge in [-0.2, -0.15) is 0 Å². The average Bonchev–Trinajstić information content (AvgIpc) is 2.72. The predicted molar refractivity (Wildman–Crippen MR) is 110 cm³/mol. The monoisotopic (exact) mass is 384 g/mol. The molecule has 6 nitrogen and oxygen atoms in total. The van der Waals surface area contributed by atoms with Crippen LogP contribution in [0.3, 0.4) is 0 Å². The smallest absolute Gasteiger partial charge is 0.338 e. The first-order chi connectivity index (χ1) is 13.5. The van der Waals surface area contributed by atoms with Gasteiger partial charge in [-0.3, -0.25) is 4.79 Å². The molecule has 2 aromatic carbocycles. The number of likely N-dealkylation sites (N-methyl/N-ethyl adjacent to an activating group) is 1. The number of carbonyl (C=O) groups excluding carboxylic acids is 2. The number of hydrogen-bond donors (Lipinski definition) is 1. The molecule has 0 aliphatic rings. The minimum absolute atomic E-state index is 0.265. The number of benzene rings is 2. The zero-order chi connectivity index (χ0) is 20.4.